The number of carboxylic acids is 1. The number of nitriles is 1. The molecule has 2 saturated heterocycles. The third-order valence-electron chi connectivity index (χ3n) is 8.48. The average Bonchev–Trinajstić information content (AvgIpc) is 3.35. The number of imidazole rings is 1. The standard InChI is InChI=1S/C35H33FN4O4/c1-2-4-26-16-28(35(41)42)18-32-34(26)38-33(40(32)20-30-11-14-43-30)21-39-12-9-24(10-13-39)25-5-3-6-29(17-25)44-22-27-8-7-23(19-37)15-31(27)36/h3,5-8,15-18,24,30H,9-14,20-22H2,1H3,(H,41,42)/t30-/m0/s1. The van der Waals surface area contributed by atoms with E-state index in [1.807, 2.05) is 24.3 Å². The Hall–Kier alpha value is -4.70. The molecule has 4 aromatic rings. The second-order valence-electron chi connectivity index (χ2n) is 11.3. The second kappa shape index (κ2) is 12.9. The number of carbonyl (C=O) groups is 1. The highest BCUT2D eigenvalue weighted by Gasteiger charge is 2.26. The SMILES string of the molecule is CC#Cc1cc(C(=O)O)cc2c1nc(CN1CCC(c3cccc(OCc4ccc(C#N)cc4F)c3)CC1)n2C[C@@H]1CCO1. The van der Waals surface area contributed by atoms with Gasteiger partial charge in [-0.2, -0.15) is 5.26 Å². The Labute approximate surface area is 255 Å². The zero-order chi connectivity index (χ0) is 30.6. The summed E-state index contributed by atoms with van der Waals surface area (Å²) in [6.45, 7) is 5.62. The van der Waals surface area contributed by atoms with Crippen LogP contribution in [0.4, 0.5) is 4.39 Å². The van der Waals surface area contributed by atoms with Gasteiger partial charge in [0.25, 0.3) is 0 Å². The zero-order valence-corrected chi connectivity index (χ0v) is 24.6. The van der Waals surface area contributed by atoms with Crippen LogP contribution in [0.2, 0.25) is 0 Å². The van der Waals surface area contributed by atoms with Crippen LogP contribution in [-0.4, -0.2) is 51.3 Å². The Balaban J connectivity index is 1.15. The first-order valence-electron chi connectivity index (χ1n) is 14.9. The molecule has 1 atom stereocenters. The van der Waals surface area contributed by atoms with Crippen LogP contribution in [0.3, 0.4) is 0 Å². The number of fused-ring (bicyclic) bond motifs is 1. The van der Waals surface area contributed by atoms with Crippen molar-refractivity contribution >= 4 is 17.0 Å². The van der Waals surface area contributed by atoms with Crippen molar-refractivity contribution in [3.05, 3.63) is 94.1 Å². The first-order chi connectivity index (χ1) is 21.4. The molecule has 0 bridgehead atoms. The number of hydrogen-bond donors (Lipinski definition) is 1. The minimum atomic E-state index is -0.988. The van der Waals surface area contributed by atoms with E-state index in [1.54, 1.807) is 31.2 Å². The summed E-state index contributed by atoms with van der Waals surface area (Å²) >= 11 is 0. The number of likely N-dealkylation sites (tertiary alicyclic amines) is 1. The minimum Gasteiger partial charge on any atom is -0.489 e. The summed E-state index contributed by atoms with van der Waals surface area (Å²) in [7, 11) is 0. The molecule has 1 N–H and O–H groups in total. The lowest BCUT2D eigenvalue weighted by molar-refractivity contribution is -0.0592. The van der Waals surface area contributed by atoms with Gasteiger partial charge in [-0.1, -0.05) is 24.1 Å². The smallest absolute Gasteiger partial charge is 0.335 e. The maximum absolute atomic E-state index is 14.3. The predicted octanol–water partition coefficient (Wildman–Crippen LogP) is 5.86. The summed E-state index contributed by atoms with van der Waals surface area (Å²) in [6.07, 6.45) is 3.00. The van der Waals surface area contributed by atoms with E-state index in [1.165, 1.54) is 11.6 Å². The van der Waals surface area contributed by atoms with E-state index < -0.39 is 11.8 Å². The van der Waals surface area contributed by atoms with E-state index >= 15 is 0 Å². The summed E-state index contributed by atoms with van der Waals surface area (Å²) in [5.74, 6) is 6.46. The number of nitrogens with zero attached hydrogens (tertiary/aromatic N) is 4. The van der Waals surface area contributed by atoms with Crippen molar-refractivity contribution in [3.8, 4) is 23.7 Å². The van der Waals surface area contributed by atoms with Crippen LogP contribution in [0.5, 0.6) is 5.75 Å². The van der Waals surface area contributed by atoms with Crippen LogP contribution in [0.25, 0.3) is 11.0 Å². The van der Waals surface area contributed by atoms with Gasteiger partial charge in [-0.25, -0.2) is 14.2 Å². The third kappa shape index (κ3) is 6.30. The molecule has 0 radical (unpaired) electrons. The van der Waals surface area contributed by atoms with Crippen LogP contribution in [0.1, 0.15) is 70.5 Å². The van der Waals surface area contributed by atoms with E-state index in [9.17, 15) is 14.3 Å². The fourth-order valence-corrected chi connectivity index (χ4v) is 5.96. The van der Waals surface area contributed by atoms with Gasteiger partial charge in [-0.05, 0) is 87.2 Å². The average molecular weight is 593 g/mol. The number of ether oxygens (including phenoxy) is 2. The molecule has 44 heavy (non-hydrogen) atoms. The topological polar surface area (TPSA) is 101 Å². The van der Waals surface area contributed by atoms with Gasteiger partial charge in [0.05, 0.1) is 47.5 Å². The third-order valence-corrected chi connectivity index (χ3v) is 8.48. The normalized spacial score (nSPS) is 17.0. The molecule has 0 spiro atoms. The number of benzene rings is 3. The van der Waals surface area contributed by atoms with Crippen LogP contribution in [0, 0.1) is 29.0 Å². The Morgan fingerprint density at radius 3 is 2.66 bits per heavy atom. The molecule has 2 aliphatic heterocycles. The van der Waals surface area contributed by atoms with Gasteiger partial charge in [0.15, 0.2) is 0 Å². The number of piperidine rings is 1. The van der Waals surface area contributed by atoms with Crippen molar-refractivity contribution in [2.24, 2.45) is 0 Å². The number of aromatic nitrogens is 2. The lowest BCUT2D eigenvalue weighted by Crippen LogP contribution is -2.35. The van der Waals surface area contributed by atoms with Gasteiger partial charge in [0, 0.05) is 12.2 Å². The minimum absolute atomic E-state index is 0.0891. The van der Waals surface area contributed by atoms with E-state index in [4.69, 9.17) is 19.7 Å². The van der Waals surface area contributed by atoms with Gasteiger partial charge >= 0.3 is 5.97 Å². The van der Waals surface area contributed by atoms with Crippen molar-refractivity contribution in [2.75, 3.05) is 19.7 Å². The van der Waals surface area contributed by atoms with Crippen molar-refractivity contribution in [3.63, 3.8) is 0 Å². The van der Waals surface area contributed by atoms with E-state index in [-0.39, 0.29) is 23.8 Å². The van der Waals surface area contributed by atoms with Gasteiger partial charge in [0.1, 0.15) is 29.5 Å². The molecular formula is C35H33FN4O4. The Kier molecular flexibility index (Phi) is 8.60. The highest BCUT2D eigenvalue weighted by atomic mass is 19.1. The molecular weight excluding hydrogens is 559 g/mol. The summed E-state index contributed by atoms with van der Waals surface area (Å²) in [5, 5.41) is 18.7. The van der Waals surface area contributed by atoms with E-state index in [2.05, 4.69) is 27.4 Å². The lowest BCUT2D eigenvalue weighted by atomic mass is 9.89. The first kappa shape index (κ1) is 29.4. The van der Waals surface area contributed by atoms with Gasteiger partial charge in [-0.3, -0.25) is 4.90 Å². The van der Waals surface area contributed by atoms with Crippen molar-refractivity contribution in [1.29, 1.82) is 5.26 Å². The highest BCUT2D eigenvalue weighted by Crippen LogP contribution is 2.32. The molecule has 224 valence electrons. The van der Waals surface area contributed by atoms with Gasteiger partial charge in [-0.15, -0.1) is 5.92 Å². The quantitative estimate of drug-likeness (QED) is 0.243. The summed E-state index contributed by atoms with van der Waals surface area (Å²) in [6, 6.07) is 17.7. The fourth-order valence-electron chi connectivity index (χ4n) is 5.96. The number of hydrogen-bond acceptors (Lipinski definition) is 6. The molecule has 8 nitrogen and oxygen atoms in total. The zero-order valence-electron chi connectivity index (χ0n) is 24.6. The fraction of sp³-hybridized carbons (Fsp3) is 0.343. The van der Waals surface area contributed by atoms with Crippen LogP contribution in [-0.2, 0) is 24.4 Å². The van der Waals surface area contributed by atoms with Crippen LogP contribution in [0.15, 0.2) is 54.6 Å². The first-order valence-corrected chi connectivity index (χ1v) is 14.9. The number of aromatic carboxylic acids is 1. The lowest BCUT2D eigenvalue weighted by Gasteiger charge is -2.33. The summed E-state index contributed by atoms with van der Waals surface area (Å²) in [5.41, 5.74) is 4.22. The monoisotopic (exact) mass is 592 g/mol. The maximum atomic E-state index is 14.3. The molecule has 0 amide bonds. The molecule has 3 heterocycles. The van der Waals surface area contributed by atoms with Crippen LogP contribution < -0.4 is 4.74 Å². The van der Waals surface area contributed by atoms with Gasteiger partial charge in [0.2, 0.25) is 0 Å². The summed E-state index contributed by atoms with van der Waals surface area (Å²) < 4.78 is 28.1. The van der Waals surface area contributed by atoms with Crippen molar-refractivity contribution in [1.82, 2.24) is 14.5 Å². The Bertz CT molecular complexity index is 1800. The summed E-state index contributed by atoms with van der Waals surface area (Å²) in [4.78, 5) is 19.3. The van der Waals surface area contributed by atoms with Gasteiger partial charge < -0.3 is 19.1 Å². The van der Waals surface area contributed by atoms with E-state index in [0.717, 1.165) is 55.8 Å². The molecule has 0 saturated carbocycles. The van der Waals surface area contributed by atoms with Crippen LogP contribution >= 0.6 is 0 Å². The van der Waals surface area contributed by atoms with E-state index in [0.29, 0.717) is 35.9 Å². The molecule has 9 heteroatoms. The van der Waals surface area contributed by atoms with Crippen molar-refractivity contribution < 1.29 is 23.8 Å². The molecule has 2 aliphatic rings. The molecule has 3 aromatic carbocycles. The largest absolute Gasteiger partial charge is 0.489 e. The molecule has 0 unspecified atom stereocenters. The Morgan fingerprint density at radius 1 is 1.16 bits per heavy atom. The maximum Gasteiger partial charge on any atom is 0.335 e. The number of carboxylic acid groups (broad SMARTS) is 1. The Morgan fingerprint density at radius 2 is 1.98 bits per heavy atom. The second-order valence-corrected chi connectivity index (χ2v) is 11.3. The molecule has 2 fully saturated rings. The highest BCUT2D eigenvalue weighted by molar-refractivity contribution is 5.95. The van der Waals surface area contributed by atoms with Crippen molar-refractivity contribution in [2.45, 2.75) is 57.9 Å². The molecule has 0 aliphatic carbocycles. The number of halogens is 1. The molecule has 1 aromatic heterocycles. The molecule has 6 rings (SSSR count). The predicted molar refractivity (Wildman–Crippen MR) is 163 cm³/mol. The number of rotatable bonds is 9.